The number of Topliss-reactive ketones (excluding diaryl/α,β-unsaturated/α-hetero) is 1. The number of aromatic nitrogens is 2. The molecular weight excluding hydrogens is 442 g/mol. The number of allylic oxidation sites excluding steroid dienone is 1. The summed E-state index contributed by atoms with van der Waals surface area (Å²) >= 11 is 0. The number of ether oxygens (including phenoxy) is 1. The molecule has 4 rings (SSSR count). The lowest BCUT2D eigenvalue weighted by Crippen LogP contribution is -2.14. The topological polar surface area (TPSA) is 146 Å². The van der Waals surface area contributed by atoms with E-state index in [1.165, 1.54) is 43.5 Å². The molecule has 1 N–H and O–H groups in total. The lowest BCUT2D eigenvalue weighted by molar-refractivity contribution is -0.384. The summed E-state index contributed by atoms with van der Waals surface area (Å²) in [6.07, 6.45) is -0.0698. The Labute approximate surface area is 192 Å². The number of ketones is 1. The summed E-state index contributed by atoms with van der Waals surface area (Å²) < 4.78 is 9.82. The number of benzene rings is 3. The van der Waals surface area contributed by atoms with Gasteiger partial charge in [0.15, 0.2) is 5.78 Å². The summed E-state index contributed by atoms with van der Waals surface area (Å²) in [6, 6.07) is 16.4. The molecule has 0 unspecified atom stereocenters. The van der Waals surface area contributed by atoms with Gasteiger partial charge in [-0.25, -0.2) is 9.42 Å². The van der Waals surface area contributed by atoms with Crippen molar-refractivity contribution in [2.45, 2.75) is 6.42 Å². The molecule has 4 aromatic rings. The van der Waals surface area contributed by atoms with Gasteiger partial charge in [-0.2, -0.15) is 0 Å². The number of nitrogens with zero attached hydrogens (tertiary/aromatic N) is 3. The standard InChI is InChI=1S/C24H17N3O7/c1-33-18-9-4-15(5-10-18)23(28)19(12-14-2-7-17(8-3-14)27(31)32)22(24(29)30)16-6-11-20-21(13-16)26-34-25-20/h2-11,13H,12H2,1H3,(H,29,30)/b22-19+. The van der Waals surface area contributed by atoms with Gasteiger partial charge in [-0.15, -0.1) is 0 Å². The minimum absolute atomic E-state index is 0.00215. The molecule has 0 aliphatic heterocycles. The third kappa shape index (κ3) is 4.51. The van der Waals surface area contributed by atoms with Crippen molar-refractivity contribution < 1.29 is 29.0 Å². The van der Waals surface area contributed by atoms with Crippen LogP contribution >= 0.6 is 0 Å². The minimum Gasteiger partial charge on any atom is -0.497 e. The molecule has 0 spiro atoms. The lowest BCUT2D eigenvalue weighted by Gasteiger charge is -2.13. The number of carboxylic acid groups (broad SMARTS) is 1. The van der Waals surface area contributed by atoms with Crippen molar-refractivity contribution in [2.75, 3.05) is 7.11 Å². The predicted octanol–water partition coefficient (Wildman–Crippen LogP) is 4.10. The number of hydrogen-bond acceptors (Lipinski definition) is 8. The summed E-state index contributed by atoms with van der Waals surface area (Å²) in [5.74, 6) is -1.27. The van der Waals surface area contributed by atoms with Crippen LogP contribution in [0, 0.1) is 10.1 Å². The van der Waals surface area contributed by atoms with E-state index in [9.17, 15) is 24.8 Å². The van der Waals surface area contributed by atoms with Crippen molar-refractivity contribution in [3.63, 3.8) is 0 Å². The van der Waals surface area contributed by atoms with Crippen LogP contribution in [0.4, 0.5) is 5.69 Å². The monoisotopic (exact) mass is 459 g/mol. The zero-order chi connectivity index (χ0) is 24.2. The molecule has 1 aromatic heterocycles. The number of non-ortho nitro benzene ring substituents is 1. The fourth-order valence-electron chi connectivity index (χ4n) is 3.50. The van der Waals surface area contributed by atoms with E-state index in [1.54, 1.807) is 30.3 Å². The molecule has 0 saturated carbocycles. The smallest absolute Gasteiger partial charge is 0.336 e. The van der Waals surface area contributed by atoms with Crippen molar-refractivity contribution in [3.8, 4) is 5.75 Å². The van der Waals surface area contributed by atoms with Gasteiger partial charge >= 0.3 is 5.97 Å². The molecule has 3 aromatic carbocycles. The van der Waals surface area contributed by atoms with E-state index in [-0.39, 0.29) is 34.4 Å². The summed E-state index contributed by atoms with van der Waals surface area (Å²) in [5, 5.41) is 28.6. The number of hydrogen-bond donors (Lipinski definition) is 1. The average molecular weight is 459 g/mol. The number of methoxy groups -OCH3 is 1. The molecule has 0 atom stereocenters. The summed E-state index contributed by atoms with van der Waals surface area (Å²) in [7, 11) is 1.49. The number of nitro groups is 1. The second-order valence-corrected chi connectivity index (χ2v) is 7.28. The number of aliphatic carboxylic acids is 1. The van der Waals surface area contributed by atoms with Crippen LogP contribution in [-0.4, -0.2) is 39.2 Å². The Morgan fingerprint density at radius 2 is 1.62 bits per heavy atom. The first-order chi connectivity index (χ1) is 16.4. The largest absolute Gasteiger partial charge is 0.497 e. The van der Waals surface area contributed by atoms with E-state index < -0.39 is 16.7 Å². The molecule has 0 amide bonds. The van der Waals surface area contributed by atoms with E-state index in [1.807, 2.05) is 0 Å². The molecule has 0 aliphatic carbocycles. The Morgan fingerprint density at radius 1 is 0.971 bits per heavy atom. The summed E-state index contributed by atoms with van der Waals surface area (Å²) in [5.41, 5.74) is 1.49. The highest BCUT2D eigenvalue weighted by Gasteiger charge is 2.25. The highest BCUT2D eigenvalue weighted by Crippen LogP contribution is 2.28. The number of rotatable bonds is 8. The van der Waals surface area contributed by atoms with Gasteiger partial charge in [0, 0.05) is 29.7 Å². The zero-order valence-electron chi connectivity index (χ0n) is 17.8. The van der Waals surface area contributed by atoms with Crippen LogP contribution in [0.25, 0.3) is 16.6 Å². The number of nitro benzene ring substituents is 1. The van der Waals surface area contributed by atoms with Crippen LogP contribution in [-0.2, 0) is 11.2 Å². The first-order valence-corrected chi connectivity index (χ1v) is 9.98. The maximum Gasteiger partial charge on any atom is 0.336 e. The van der Waals surface area contributed by atoms with Crippen LogP contribution in [0.15, 0.2) is 76.9 Å². The Morgan fingerprint density at radius 3 is 2.24 bits per heavy atom. The molecule has 0 fully saturated rings. The first kappa shape index (κ1) is 22.3. The third-order valence-corrected chi connectivity index (χ3v) is 5.21. The Balaban J connectivity index is 1.87. The van der Waals surface area contributed by atoms with Gasteiger partial charge in [0.25, 0.3) is 5.69 Å². The highest BCUT2D eigenvalue weighted by molar-refractivity contribution is 6.26. The number of carbonyl (C=O) groups is 2. The fourth-order valence-corrected chi connectivity index (χ4v) is 3.50. The molecule has 10 nitrogen and oxygen atoms in total. The van der Waals surface area contributed by atoms with Crippen molar-refractivity contribution in [1.82, 2.24) is 10.3 Å². The van der Waals surface area contributed by atoms with Gasteiger partial charge in [0.1, 0.15) is 16.8 Å². The van der Waals surface area contributed by atoms with E-state index in [4.69, 9.17) is 4.74 Å². The minimum atomic E-state index is -1.31. The van der Waals surface area contributed by atoms with Gasteiger partial charge in [-0.05, 0) is 57.8 Å². The first-order valence-electron chi connectivity index (χ1n) is 9.98. The van der Waals surface area contributed by atoms with Crippen molar-refractivity contribution in [3.05, 3.63) is 99.1 Å². The molecule has 34 heavy (non-hydrogen) atoms. The van der Waals surface area contributed by atoms with Crippen LogP contribution in [0.5, 0.6) is 5.75 Å². The van der Waals surface area contributed by atoms with Gasteiger partial charge in [-0.1, -0.05) is 18.2 Å². The Kier molecular flexibility index (Phi) is 6.13. The average Bonchev–Trinajstić information content (AvgIpc) is 3.31. The normalized spacial score (nSPS) is 11.7. The van der Waals surface area contributed by atoms with Crippen LogP contribution in [0.1, 0.15) is 21.5 Å². The molecule has 170 valence electrons. The highest BCUT2D eigenvalue weighted by atomic mass is 16.6. The van der Waals surface area contributed by atoms with Gasteiger partial charge in [0.2, 0.25) is 0 Å². The Bertz CT molecular complexity index is 1420. The van der Waals surface area contributed by atoms with Crippen molar-refractivity contribution >= 4 is 34.0 Å². The lowest BCUT2D eigenvalue weighted by atomic mass is 9.89. The molecule has 0 aliphatic rings. The SMILES string of the molecule is COc1ccc(C(=O)/C(Cc2ccc([N+](=O)[O-])cc2)=C(/C(=O)O)c2ccc3nonc3c2)cc1. The van der Waals surface area contributed by atoms with Crippen molar-refractivity contribution in [2.24, 2.45) is 0 Å². The van der Waals surface area contributed by atoms with Crippen LogP contribution in [0.2, 0.25) is 0 Å². The molecule has 10 heteroatoms. The number of carbonyl (C=O) groups excluding carboxylic acids is 1. The van der Waals surface area contributed by atoms with Gasteiger partial charge in [-0.3, -0.25) is 14.9 Å². The zero-order valence-corrected chi connectivity index (χ0v) is 17.8. The van der Waals surface area contributed by atoms with Gasteiger partial charge in [0.05, 0.1) is 17.6 Å². The number of fused-ring (bicyclic) bond motifs is 1. The van der Waals surface area contributed by atoms with Crippen LogP contribution < -0.4 is 4.74 Å². The van der Waals surface area contributed by atoms with E-state index in [0.29, 0.717) is 22.3 Å². The molecule has 0 radical (unpaired) electrons. The van der Waals surface area contributed by atoms with Crippen LogP contribution in [0.3, 0.4) is 0 Å². The van der Waals surface area contributed by atoms with E-state index in [0.717, 1.165) is 0 Å². The summed E-state index contributed by atoms with van der Waals surface area (Å²) in [4.78, 5) is 36.4. The molecule has 0 bridgehead atoms. The Hall–Kier alpha value is -4.86. The molecular formula is C24H17N3O7. The van der Waals surface area contributed by atoms with Crippen molar-refractivity contribution in [1.29, 1.82) is 0 Å². The third-order valence-electron chi connectivity index (χ3n) is 5.21. The van der Waals surface area contributed by atoms with Gasteiger partial charge < -0.3 is 9.84 Å². The number of carboxylic acids is 1. The maximum absolute atomic E-state index is 13.5. The fraction of sp³-hybridized carbons (Fsp3) is 0.0833. The van der Waals surface area contributed by atoms with E-state index in [2.05, 4.69) is 14.9 Å². The maximum atomic E-state index is 13.5. The predicted molar refractivity (Wildman–Crippen MR) is 120 cm³/mol. The second-order valence-electron chi connectivity index (χ2n) is 7.28. The second kappa shape index (κ2) is 9.33. The van der Waals surface area contributed by atoms with E-state index >= 15 is 0 Å². The molecule has 0 saturated heterocycles. The summed E-state index contributed by atoms with van der Waals surface area (Å²) in [6.45, 7) is 0. The molecule has 1 heterocycles. The quantitative estimate of drug-likeness (QED) is 0.178.